The molecule has 0 amide bonds. The number of phenols is 1. The average molecular weight is 330 g/mol. The molecule has 2 rings (SSSR count). The second kappa shape index (κ2) is 5.54. The number of nitrogens with one attached hydrogen (secondary N) is 1. The predicted octanol–water partition coefficient (Wildman–Crippen LogP) is 3.60. The van der Waals surface area contributed by atoms with Crippen LogP contribution in [-0.2, 0) is 10.0 Å². The molecule has 7 heteroatoms. The lowest BCUT2D eigenvalue weighted by atomic mass is 10.2. The van der Waals surface area contributed by atoms with Gasteiger partial charge in [0.15, 0.2) is 5.82 Å². The minimum absolute atomic E-state index is 0.0525. The maximum absolute atomic E-state index is 13.7. The van der Waals surface area contributed by atoms with Gasteiger partial charge in [0.05, 0.1) is 15.6 Å². The Bertz CT molecular complexity index is 806. The lowest BCUT2D eigenvalue weighted by molar-refractivity contribution is 0.470. The number of hydrogen-bond donors (Lipinski definition) is 2. The van der Waals surface area contributed by atoms with Crippen molar-refractivity contribution < 1.29 is 17.9 Å². The van der Waals surface area contributed by atoms with E-state index < -0.39 is 21.6 Å². The van der Waals surface area contributed by atoms with Crippen LogP contribution in [0, 0.1) is 19.7 Å². The van der Waals surface area contributed by atoms with Crippen LogP contribution in [0.5, 0.6) is 5.75 Å². The molecule has 0 aliphatic heterocycles. The van der Waals surface area contributed by atoms with Crippen LogP contribution in [0.1, 0.15) is 11.1 Å². The Morgan fingerprint density at radius 2 is 1.86 bits per heavy atom. The van der Waals surface area contributed by atoms with Crippen molar-refractivity contribution in [2.45, 2.75) is 18.7 Å². The molecule has 0 spiro atoms. The molecule has 0 unspecified atom stereocenters. The van der Waals surface area contributed by atoms with Crippen molar-refractivity contribution in [3.05, 3.63) is 52.3 Å². The Hall–Kier alpha value is -1.79. The SMILES string of the molecule is Cc1ccc(S(=O)(=O)Nc2cc(Cl)c(O)cc2F)c(C)c1. The smallest absolute Gasteiger partial charge is 0.262 e. The molecule has 0 atom stereocenters. The van der Waals surface area contributed by atoms with Crippen molar-refractivity contribution in [2.75, 3.05) is 4.72 Å². The van der Waals surface area contributed by atoms with Crippen LogP contribution < -0.4 is 4.72 Å². The maximum atomic E-state index is 13.7. The monoisotopic (exact) mass is 329 g/mol. The fraction of sp³-hybridized carbons (Fsp3) is 0.143. The van der Waals surface area contributed by atoms with Crippen molar-refractivity contribution in [1.82, 2.24) is 0 Å². The molecule has 2 aromatic rings. The first-order chi connectivity index (χ1) is 9.70. The minimum Gasteiger partial charge on any atom is -0.506 e. The summed E-state index contributed by atoms with van der Waals surface area (Å²) >= 11 is 5.66. The van der Waals surface area contributed by atoms with Gasteiger partial charge in [0.25, 0.3) is 10.0 Å². The molecule has 2 aromatic carbocycles. The Morgan fingerprint density at radius 3 is 2.48 bits per heavy atom. The Labute approximate surface area is 127 Å². The number of halogens is 2. The first-order valence-electron chi connectivity index (χ1n) is 5.99. The maximum Gasteiger partial charge on any atom is 0.262 e. The average Bonchev–Trinajstić information content (AvgIpc) is 2.35. The van der Waals surface area contributed by atoms with Crippen molar-refractivity contribution in [3.8, 4) is 5.75 Å². The molecule has 2 N–H and O–H groups in total. The number of hydrogen-bond acceptors (Lipinski definition) is 3. The topological polar surface area (TPSA) is 66.4 Å². The van der Waals surface area contributed by atoms with Gasteiger partial charge in [-0.05, 0) is 31.5 Å². The number of benzene rings is 2. The standard InChI is InChI=1S/C14H13ClFNO3S/c1-8-3-4-14(9(2)5-8)21(19,20)17-12-6-10(15)13(18)7-11(12)16/h3-7,17-18H,1-2H3. The lowest BCUT2D eigenvalue weighted by Gasteiger charge is -2.12. The highest BCUT2D eigenvalue weighted by atomic mass is 35.5. The number of phenolic OH excluding ortho intramolecular Hbond substituents is 1. The zero-order valence-corrected chi connectivity index (χ0v) is 12.9. The summed E-state index contributed by atoms with van der Waals surface area (Å²) in [4.78, 5) is 0.0525. The number of aromatic hydroxyl groups is 1. The van der Waals surface area contributed by atoms with E-state index in [9.17, 15) is 17.9 Å². The molecule has 0 fully saturated rings. The molecule has 0 bridgehead atoms. The Balaban J connectivity index is 2.45. The van der Waals surface area contributed by atoms with Crippen molar-refractivity contribution in [3.63, 3.8) is 0 Å². The summed E-state index contributed by atoms with van der Waals surface area (Å²) in [7, 11) is -3.94. The molecule has 0 radical (unpaired) electrons. The first kappa shape index (κ1) is 15.6. The van der Waals surface area contributed by atoms with Crippen LogP contribution in [-0.4, -0.2) is 13.5 Å². The van der Waals surface area contributed by atoms with Crippen LogP contribution in [0.2, 0.25) is 5.02 Å². The molecule has 21 heavy (non-hydrogen) atoms. The molecule has 0 saturated carbocycles. The van der Waals surface area contributed by atoms with Gasteiger partial charge in [0.1, 0.15) is 5.75 Å². The van der Waals surface area contributed by atoms with Gasteiger partial charge in [-0.3, -0.25) is 4.72 Å². The van der Waals surface area contributed by atoms with Gasteiger partial charge in [0.2, 0.25) is 0 Å². The highest BCUT2D eigenvalue weighted by Crippen LogP contribution is 2.30. The van der Waals surface area contributed by atoms with E-state index in [-0.39, 0.29) is 15.6 Å². The van der Waals surface area contributed by atoms with Crippen LogP contribution >= 0.6 is 11.6 Å². The highest BCUT2D eigenvalue weighted by Gasteiger charge is 2.19. The molecular formula is C14H13ClFNO3S. The normalized spacial score (nSPS) is 11.4. The zero-order chi connectivity index (χ0) is 15.8. The van der Waals surface area contributed by atoms with E-state index >= 15 is 0 Å². The third kappa shape index (κ3) is 3.28. The molecule has 0 saturated heterocycles. The van der Waals surface area contributed by atoms with Gasteiger partial charge < -0.3 is 5.11 Å². The van der Waals surface area contributed by atoms with Gasteiger partial charge in [0, 0.05) is 6.07 Å². The highest BCUT2D eigenvalue weighted by molar-refractivity contribution is 7.92. The molecular weight excluding hydrogens is 317 g/mol. The quantitative estimate of drug-likeness (QED) is 0.845. The van der Waals surface area contributed by atoms with Crippen LogP contribution in [0.15, 0.2) is 35.2 Å². The fourth-order valence-electron chi connectivity index (χ4n) is 1.92. The molecule has 112 valence electrons. The molecule has 0 aliphatic rings. The second-order valence-electron chi connectivity index (χ2n) is 4.66. The van der Waals surface area contributed by atoms with Crippen molar-refractivity contribution in [2.24, 2.45) is 0 Å². The minimum atomic E-state index is -3.94. The molecule has 0 aromatic heterocycles. The summed E-state index contributed by atoms with van der Waals surface area (Å²) < 4.78 is 40.4. The van der Waals surface area contributed by atoms with E-state index in [0.29, 0.717) is 5.56 Å². The molecule has 4 nitrogen and oxygen atoms in total. The van der Waals surface area contributed by atoms with Gasteiger partial charge in [-0.25, -0.2) is 12.8 Å². The molecule has 0 heterocycles. The van der Waals surface area contributed by atoms with E-state index in [0.717, 1.165) is 17.7 Å². The number of sulfonamides is 1. The number of aryl methyl sites for hydroxylation is 2. The predicted molar refractivity (Wildman–Crippen MR) is 79.8 cm³/mol. The summed E-state index contributed by atoms with van der Waals surface area (Å²) in [5.41, 5.74) is 1.15. The summed E-state index contributed by atoms with van der Waals surface area (Å²) in [6, 6.07) is 6.60. The van der Waals surface area contributed by atoms with E-state index in [1.54, 1.807) is 19.1 Å². The summed E-state index contributed by atoms with van der Waals surface area (Å²) in [5.74, 6) is -1.37. The van der Waals surface area contributed by atoms with Crippen LogP contribution in [0.3, 0.4) is 0 Å². The van der Waals surface area contributed by atoms with E-state index in [4.69, 9.17) is 11.6 Å². The fourth-order valence-corrected chi connectivity index (χ4v) is 3.36. The van der Waals surface area contributed by atoms with Gasteiger partial charge >= 0.3 is 0 Å². The zero-order valence-electron chi connectivity index (χ0n) is 11.3. The Morgan fingerprint density at radius 1 is 1.19 bits per heavy atom. The van der Waals surface area contributed by atoms with Crippen LogP contribution in [0.25, 0.3) is 0 Å². The number of rotatable bonds is 3. The second-order valence-corrected chi connectivity index (χ2v) is 6.72. The summed E-state index contributed by atoms with van der Waals surface area (Å²) in [6.45, 7) is 3.50. The van der Waals surface area contributed by atoms with E-state index in [1.807, 2.05) is 6.92 Å². The van der Waals surface area contributed by atoms with E-state index in [2.05, 4.69) is 4.72 Å². The Kier molecular flexibility index (Phi) is 4.11. The third-order valence-corrected chi connectivity index (χ3v) is 4.73. The van der Waals surface area contributed by atoms with Crippen LogP contribution in [0.4, 0.5) is 10.1 Å². The number of anilines is 1. The van der Waals surface area contributed by atoms with Gasteiger partial charge in [-0.15, -0.1) is 0 Å². The summed E-state index contributed by atoms with van der Waals surface area (Å²) in [5, 5.41) is 9.12. The van der Waals surface area contributed by atoms with E-state index in [1.165, 1.54) is 6.07 Å². The summed E-state index contributed by atoms with van der Waals surface area (Å²) in [6.07, 6.45) is 0. The van der Waals surface area contributed by atoms with Gasteiger partial charge in [-0.1, -0.05) is 29.3 Å². The third-order valence-electron chi connectivity index (χ3n) is 2.90. The lowest BCUT2D eigenvalue weighted by Crippen LogP contribution is -2.15. The van der Waals surface area contributed by atoms with Gasteiger partial charge in [-0.2, -0.15) is 0 Å². The van der Waals surface area contributed by atoms with Crippen molar-refractivity contribution in [1.29, 1.82) is 0 Å². The molecule has 0 aliphatic carbocycles. The van der Waals surface area contributed by atoms with Crippen molar-refractivity contribution >= 4 is 27.3 Å². The first-order valence-corrected chi connectivity index (χ1v) is 7.85. The largest absolute Gasteiger partial charge is 0.506 e.